The average molecular weight is 531 g/mol. The molecule has 2 aromatic heterocycles. The highest BCUT2D eigenvalue weighted by Crippen LogP contribution is 2.40. The normalized spacial score (nSPS) is 26.6. The molecule has 1 aliphatic carbocycles. The molecule has 2 N–H and O–H groups in total. The molecule has 0 spiro atoms. The van der Waals surface area contributed by atoms with E-state index in [0.717, 1.165) is 62.1 Å². The highest BCUT2D eigenvalue weighted by atomic mass is 35.5. The van der Waals surface area contributed by atoms with Gasteiger partial charge < -0.3 is 20.2 Å². The Labute approximate surface area is 221 Å². The van der Waals surface area contributed by atoms with Gasteiger partial charge in [-0.1, -0.05) is 29.3 Å². The van der Waals surface area contributed by atoms with Crippen molar-refractivity contribution in [1.29, 1.82) is 0 Å². The Bertz CT molecular complexity index is 1240. The van der Waals surface area contributed by atoms with E-state index in [1.807, 2.05) is 19.1 Å². The molecular weight excluding hydrogens is 497 g/mol. The second kappa shape index (κ2) is 9.31. The summed E-state index contributed by atoms with van der Waals surface area (Å²) in [6.07, 6.45) is 5.88. The number of nitrogens with one attached hydrogen (secondary N) is 1. The predicted octanol–water partition coefficient (Wildman–Crippen LogP) is 4.67. The van der Waals surface area contributed by atoms with E-state index in [4.69, 9.17) is 28.2 Å². The first-order valence-electron chi connectivity index (χ1n) is 12.9. The van der Waals surface area contributed by atoms with E-state index in [-0.39, 0.29) is 6.04 Å². The topological polar surface area (TPSA) is 81.8 Å². The molecule has 192 valence electrons. The molecule has 8 nitrogen and oxygen atoms in total. The Morgan fingerprint density at radius 2 is 1.86 bits per heavy atom. The zero-order valence-corrected chi connectivity index (χ0v) is 22.3. The number of aliphatic hydroxyl groups is 1. The van der Waals surface area contributed by atoms with Gasteiger partial charge in [-0.3, -0.25) is 0 Å². The number of hydrogen-bond donors (Lipinski definition) is 2. The number of piperidine rings is 1. The van der Waals surface area contributed by atoms with Crippen molar-refractivity contribution < 1.29 is 5.11 Å². The van der Waals surface area contributed by atoms with Gasteiger partial charge in [0, 0.05) is 35.2 Å². The van der Waals surface area contributed by atoms with Crippen LogP contribution in [0.1, 0.15) is 51.1 Å². The second-order valence-corrected chi connectivity index (χ2v) is 11.9. The smallest absolute Gasteiger partial charge is 0.256 e. The highest BCUT2D eigenvalue weighted by molar-refractivity contribution is 6.35. The van der Waals surface area contributed by atoms with E-state index in [0.29, 0.717) is 27.8 Å². The summed E-state index contributed by atoms with van der Waals surface area (Å²) in [4.78, 5) is 14.1. The van der Waals surface area contributed by atoms with Crippen molar-refractivity contribution in [2.75, 3.05) is 36.4 Å². The first-order chi connectivity index (χ1) is 17.3. The van der Waals surface area contributed by atoms with Crippen LogP contribution in [0.4, 0.5) is 11.6 Å². The van der Waals surface area contributed by atoms with E-state index < -0.39 is 5.60 Å². The summed E-state index contributed by atoms with van der Waals surface area (Å²) < 4.78 is 1.73. The maximum atomic E-state index is 10.1. The number of anilines is 2. The van der Waals surface area contributed by atoms with Crippen molar-refractivity contribution in [2.45, 2.75) is 57.2 Å². The lowest BCUT2D eigenvalue weighted by Gasteiger charge is -2.51. The van der Waals surface area contributed by atoms with Crippen LogP contribution < -0.4 is 10.2 Å². The molecule has 4 heterocycles. The summed E-state index contributed by atoms with van der Waals surface area (Å²) in [5, 5.41) is 19.2. The SMILES string of the molecule is C[C@@H](Nc1cc(N2CC(C3CCN(C4CC(C)(O)C4)CC3)C2)nc2ncnn12)c1ccc(Cl)cc1Cl. The van der Waals surface area contributed by atoms with Crippen LogP contribution in [0.3, 0.4) is 0 Å². The first kappa shape index (κ1) is 24.2. The molecule has 1 saturated carbocycles. The molecule has 6 rings (SSSR count). The third-order valence-electron chi connectivity index (χ3n) is 8.37. The number of aromatic nitrogens is 4. The molecule has 3 aromatic rings. The maximum Gasteiger partial charge on any atom is 0.256 e. The van der Waals surface area contributed by atoms with Crippen LogP contribution in [0.2, 0.25) is 10.0 Å². The number of halogens is 2. The summed E-state index contributed by atoms with van der Waals surface area (Å²) in [7, 11) is 0. The van der Waals surface area contributed by atoms with E-state index >= 15 is 0 Å². The van der Waals surface area contributed by atoms with Crippen LogP contribution in [0.15, 0.2) is 30.6 Å². The van der Waals surface area contributed by atoms with Crippen molar-refractivity contribution in [3.63, 3.8) is 0 Å². The molecule has 2 aliphatic heterocycles. The highest BCUT2D eigenvalue weighted by Gasteiger charge is 2.43. The van der Waals surface area contributed by atoms with Gasteiger partial charge in [0.25, 0.3) is 5.78 Å². The minimum absolute atomic E-state index is 0.0499. The Morgan fingerprint density at radius 1 is 1.11 bits per heavy atom. The van der Waals surface area contributed by atoms with Crippen LogP contribution in [-0.2, 0) is 0 Å². The lowest BCUT2D eigenvalue weighted by Crippen LogP contribution is -2.57. The number of likely N-dealkylation sites (tertiary alicyclic amines) is 1. The molecule has 10 heteroatoms. The molecule has 0 amide bonds. The summed E-state index contributed by atoms with van der Waals surface area (Å²) in [5.41, 5.74) is 0.523. The largest absolute Gasteiger partial charge is 0.390 e. The van der Waals surface area contributed by atoms with Gasteiger partial charge in [0.2, 0.25) is 0 Å². The fourth-order valence-electron chi connectivity index (χ4n) is 6.18. The monoisotopic (exact) mass is 529 g/mol. The average Bonchev–Trinajstić information content (AvgIpc) is 3.26. The van der Waals surface area contributed by atoms with E-state index in [9.17, 15) is 5.11 Å². The standard InChI is InChI=1S/C26H33Cl2N7O/c1-16(21-4-3-19(27)9-22(21)28)31-24-10-23(32-25-29-15-30-35(24)25)34-13-18(14-34)17-5-7-33(8-6-17)20-11-26(2,36)12-20/h3-4,9-10,15-18,20,31,36H,5-8,11-14H2,1-2H3/t16-,20?,26?/m1/s1. The number of rotatable bonds is 6. The molecule has 36 heavy (non-hydrogen) atoms. The van der Waals surface area contributed by atoms with Gasteiger partial charge in [-0.15, -0.1) is 0 Å². The number of fused-ring (bicyclic) bond motifs is 1. The number of benzene rings is 1. The third kappa shape index (κ3) is 4.64. The Hall–Kier alpha value is -2.13. The van der Waals surface area contributed by atoms with Crippen LogP contribution in [0, 0.1) is 11.8 Å². The minimum atomic E-state index is -0.443. The van der Waals surface area contributed by atoms with Crippen molar-refractivity contribution in [2.24, 2.45) is 11.8 Å². The summed E-state index contributed by atoms with van der Waals surface area (Å²) in [6.45, 7) is 8.39. The summed E-state index contributed by atoms with van der Waals surface area (Å²) in [6, 6.07) is 8.15. The van der Waals surface area contributed by atoms with Crippen LogP contribution in [-0.4, -0.2) is 67.4 Å². The summed E-state index contributed by atoms with van der Waals surface area (Å²) in [5.74, 6) is 3.81. The Balaban J connectivity index is 1.10. The van der Waals surface area contributed by atoms with Crippen molar-refractivity contribution in [3.05, 3.63) is 46.2 Å². The van der Waals surface area contributed by atoms with Crippen LogP contribution >= 0.6 is 23.2 Å². The third-order valence-corrected chi connectivity index (χ3v) is 8.94. The van der Waals surface area contributed by atoms with Crippen molar-refractivity contribution >= 4 is 40.6 Å². The molecule has 0 bridgehead atoms. The van der Waals surface area contributed by atoms with Crippen LogP contribution in [0.5, 0.6) is 0 Å². The van der Waals surface area contributed by atoms with Crippen molar-refractivity contribution in [1.82, 2.24) is 24.5 Å². The lowest BCUT2D eigenvalue weighted by molar-refractivity contribution is -0.0860. The molecule has 3 fully saturated rings. The quantitative estimate of drug-likeness (QED) is 0.480. The predicted molar refractivity (Wildman–Crippen MR) is 143 cm³/mol. The van der Waals surface area contributed by atoms with E-state index in [1.165, 1.54) is 19.2 Å². The van der Waals surface area contributed by atoms with Crippen molar-refractivity contribution in [3.8, 4) is 0 Å². The maximum absolute atomic E-state index is 10.1. The van der Waals surface area contributed by atoms with Gasteiger partial charge in [0.05, 0.1) is 11.6 Å². The molecule has 0 unspecified atom stereocenters. The first-order valence-corrected chi connectivity index (χ1v) is 13.6. The zero-order valence-electron chi connectivity index (χ0n) is 20.7. The molecule has 2 saturated heterocycles. The Kier molecular flexibility index (Phi) is 6.27. The molecule has 1 atom stereocenters. The Morgan fingerprint density at radius 3 is 2.56 bits per heavy atom. The number of hydrogen-bond acceptors (Lipinski definition) is 7. The van der Waals surface area contributed by atoms with Crippen LogP contribution in [0.25, 0.3) is 5.78 Å². The van der Waals surface area contributed by atoms with Gasteiger partial charge in [-0.25, -0.2) is 0 Å². The fourth-order valence-corrected chi connectivity index (χ4v) is 6.76. The lowest BCUT2D eigenvalue weighted by atomic mass is 9.74. The molecule has 0 radical (unpaired) electrons. The van der Waals surface area contributed by atoms with Gasteiger partial charge in [-0.05, 0) is 82.2 Å². The van der Waals surface area contributed by atoms with E-state index in [1.54, 1.807) is 10.6 Å². The van der Waals surface area contributed by atoms with Gasteiger partial charge in [0.15, 0.2) is 0 Å². The second-order valence-electron chi connectivity index (χ2n) is 11.1. The van der Waals surface area contributed by atoms with E-state index in [2.05, 4.69) is 38.2 Å². The van der Waals surface area contributed by atoms with Gasteiger partial charge in [0.1, 0.15) is 18.0 Å². The molecule has 3 aliphatic rings. The number of nitrogens with zero attached hydrogens (tertiary/aromatic N) is 6. The molecular formula is C26H33Cl2N7O. The minimum Gasteiger partial charge on any atom is -0.390 e. The zero-order chi connectivity index (χ0) is 25.0. The fraction of sp³-hybridized carbons (Fsp3) is 0.577. The van der Waals surface area contributed by atoms with Gasteiger partial charge >= 0.3 is 0 Å². The van der Waals surface area contributed by atoms with Gasteiger partial charge in [-0.2, -0.15) is 19.6 Å². The summed E-state index contributed by atoms with van der Waals surface area (Å²) >= 11 is 12.5. The molecule has 1 aromatic carbocycles.